The number of aryl methyl sites for hydroxylation is 2. The highest BCUT2D eigenvalue weighted by Gasteiger charge is 2.11. The zero-order chi connectivity index (χ0) is 14.4. The van der Waals surface area contributed by atoms with Crippen LogP contribution in [0.1, 0.15) is 43.4 Å². The molecule has 0 fully saturated rings. The van der Waals surface area contributed by atoms with Crippen molar-refractivity contribution >= 4 is 17.2 Å². The Labute approximate surface area is 122 Å². The summed E-state index contributed by atoms with van der Waals surface area (Å²) in [6.07, 6.45) is 2.86. The van der Waals surface area contributed by atoms with Crippen LogP contribution in [0, 0.1) is 19.8 Å². The first kappa shape index (κ1) is 16.0. The molecule has 0 bridgehead atoms. The molecule has 0 spiro atoms. The van der Waals surface area contributed by atoms with Crippen molar-refractivity contribution in [2.24, 2.45) is 11.7 Å². The highest BCUT2D eigenvalue weighted by Crippen LogP contribution is 2.25. The van der Waals surface area contributed by atoms with Crippen LogP contribution in [0.5, 0.6) is 5.75 Å². The van der Waals surface area contributed by atoms with Crippen molar-refractivity contribution in [3.63, 3.8) is 0 Å². The van der Waals surface area contributed by atoms with Gasteiger partial charge in [0.15, 0.2) is 0 Å². The predicted molar refractivity (Wildman–Crippen MR) is 86.0 cm³/mol. The smallest absolute Gasteiger partial charge is 0.119 e. The molecule has 0 aliphatic rings. The molecule has 0 aliphatic carbocycles. The number of ether oxygens (including phenoxy) is 1. The van der Waals surface area contributed by atoms with E-state index in [1.807, 2.05) is 0 Å². The van der Waals surface area contributed by atoms with Crippen molar-refractivity contribution in [3.05, 3.63) is 28.8 Å². The number of hydrogen-bond acceptors (Lipinski definition) is 2. The number of hydrogen-bond donors (Lipinski definition) is 1. The van der Waals surface area contributed by atoms with E-state index in [0.29, 0.717) is 10.9 Å². The van der Waals surface area contributed by atoms with Crippen molar-refractivity contribution in [3.8, 4) is 5.75 Å². The molecule has 1 aromatic rings. The van der Waals surface area contributed by atoms with E-state index in [2.05, 4.69) is 39.8 Å². The van der Waals surface area contributed by atoms with E-state index in [0.717, 1.165) is 31.6 Å². The highest BCUT2D eigenvalue weighted by atomic mass is 32.1. The summed E-state index contributed by atoms with van der Waals surface area (Å²) in [5.41, 5.74) is 9.59. The first-order chi connectivity index (χ1) is 8.93. The van der Waals surface area contributed by atoms with E-state index in [4.69, 9.17) is 22.7 Å². The second-order valence-electron chi connectivity index (χ2n) is 5.36. The molecule has 1 unspecified atom stereocenters. The summed E-state index contributed by atoms with van der Waals surface area (Å²) in [5.74, 6) is 1.46. The second-order valence-corrected chi connectivity index (χ2v) is 5.89. The van der Waals surface area contributed by atoms with Crippen molar-refractivity contribution in [2.75, 3.05) is 6.61 Å². The summed E-state index contributed by atoms with van der Waals surface area (Å²) >= 11 is 4.98. The molecule has 0 saturated carbocycles. The molecule has 3 heteroatoms. The van der Waals surface area contributed by atoms with Gasteiger partial charge in [-0.3, -0.25) is 0 Å². The van der Waals surface area contributed by atoms with Gasteiger partial charge in [-0.1, -0.05) is 26.1 Å². The highest BCUT2D eigenvalue weighted by molar-refractivity contribution is 7.80. The number of benzene rings is 1. The lowest BCUT2D eigenvalue weighted by atomic mass is 9.91. The fraction of sp³-hybridized carbons (Fsp3) is 0.562. The van der Waals surface area contributed by atoms with Crippen molar-refractivity contribution in [1.82, 2.24) is 0 Å². The van der Waals surface area contributed by atoms with Crippen molar-refractivity contribution in [1.29, 1.82) is 0 Å². The lowest BCUT2D eigenvalue weighted by Gasteiger charge is -2.17. The van der Waals surface area contributed by atoms with E-state index in [9.17, 15) is 0 Å². The lowest BCUT2D eigenvalue weighted by molar-refractivity contribution is 0.317. The maximum absolute atomic E-state index is 5.70. The molecule has 0 radical (unpaired) electrons. The van der Waals surface area contributed by atoms with E-state index in [1.165, 1.54) is 16.7 Å². The molecule has 1 atom stereocenters. The van der Waals surface area contributed by atoms with E-state index >= 15 is 0 Å². The third kappa shape index (κ3) is 5.19. The number of nitrogens with two attached hydrogens (primary N) is 1. The van der Waals surface area contributed by atoms with Crippen molar-refractivity contribution in [2.45, 2.75) is 47.0 Å². The quantitative estimate of drug-likeness (QED) is 0.768. The van der Waals surface area contributed by atoms with Gasteiger partial charge in [-0.2, -0.15) is 0 Å². The molecule has 1 aromatic carbocycles. The average Bonchev–Trinajstić information content (AvgIpc) is 2.30. The Bertz CT molecular complexity index is 419. The largest absolute Gasteiger partial charge is 0.494 e. The van der Waals surface area contributed by atoms with Gasteiger partial charge in [0, 0.05) is 6.42 Å². The van der Waals surface area contributed by atoms with Gasteiger partial charge in [0.1, 0.15) is 5.75 Å². The van der Waals surface area contributed by atoms with Gasteiger partial charge in [0.2, 0.25) is 0 Å². The van der Waals surface area contributed by atoms with Crippen molar-refractivity contribution < 1.29 is 4.74 Å². The van der Waals surface area contributed by atoms with Crippen LogP contribution in [0.25, 0.3) is 0 Å². The van der Waals surface area contributed by atoms with Crippen LogP contribution < -0.4 is 10.5 Å². The molecule has 0 aliphatic heterocycles. The topological polar surface area (TPSA) is 35.2 Å². The molecular weight excluding hydrogens is 254 g/mol. The SMILES string of the molecule is CCCOc1cc(C)c(CC(C)CC(N)=S)c(C)c1. The van der Waals surface area contributed by atoms with Gasteiger partial charge in [-0.15, -0.1) is 0 Å². The molecule has 1 rings (SSSR count). The Morgan fingerprint density at radius 3 is 2.37 bits per heavy atom. The van der Waals surface area contributed by atoms with Gasteiger partial charge in [0.25, 0.3) is 0 Å². The van der Waals surface area contributed by atoms with E-state index < -0.39 is 0 Å². The molecule has 19 heavy (non-hydrogen) atoms. The predicted octanol–water partition coefficient (Wildman–Crippen LogP) is 3.95. The number of rotatable bonds is 7. The second kappa shape index (κ2) is 7.49. The summed E-state index contributed by atoms with van der Waals surface area (Å²) in [6.45, 7) is 9.38. The third-order valence-electron chi connectivity index (χ3n) is 3.24. The summed E-state index contributed by atoms with van der Waals surface area (Å²) < 4.78 is 5.70. The Kier molecular flexibility index (Phi) is 6.29. The Balaban J connectivity index is 2.81. The van der Waals surface area contributed by atoms with Crippen LogP contribution in [0.2, 0.25) is 0 Å². The first-order valence-electron chi connectivity index (χ1n) is 6.95. The molecule has 0 amide bonds. The Hall–Kier alpha value is -1.09. The minimum atomic E-state index is 0.484. The minimum absolute atomic E-state index is 0.484. The molecule has 0 heterocycles. The average molecular weight is 279 g/mol. The lowest BCUT2D eigenvalue weighted by Crippen LogP contribution is -2.14. The monoisotopic (exact) mass is 279 g/mol. The van der Waals surface area contributed by atoms with Crippen LogP contribution in [-0.2, 0) is 6.42 Å². The van der Waals surface area contributed by atoms with E-state index in [1.54, 1.807) is 0 Å². The fourth-order valence-corrected chi connectivity index (χ4v) is 2.63. The molecule has 106 valence electrons. The van der Waals surface area contributed by atoms with Crippen LogP contribution in [-0.4, -0.2) is 11.6 Å². The Morgan fingerprint density at radius 1 is 1.32 bits per heavy atom. The van der Waals surface area contributed by atoms with Gasteiger partial charge >= 0.3 is 0 Å². The maximum Gasteiger partial charge on any atom is 0.119 e. The molecular formula is C16H25NOS. The summed E-state index contributed by atoms with van der Waals surface area (Å²) in [4.78, 5) is 0.603. The van der Waals surface area contributed by atoms with Crippen LogP contribution in [0.4, 0.5) is 0 Å². The normalized spacial score (nSPS) is 12.2. The zero-order valence-corrected chi connectivity index (χ0v) is 13.3. The van der Waals surface area contributed by atoms with E-state index in [-0.39, 0.29) is 0 Å². The van der Waals surface area contributed by atoms with Gasteiger partial charge in [-0.05, 0) is 61.4 Å². The number of thiocarbonyl (C=S) groups is 1. The molecule has 0 saturated heterocycles. The minimum Gasteiger partial charge on any atom is -0.494 e. The van der Waals surface area contributed by atoms with Gasteiger partial charge in [0.05, 0.1) is 11.6 Å². The fourth-order valence-electron chi connectivity index (χ4n) is 2.34. The Morgan fingerprint density at radius 2 is 1.89 bits per heavy atom. The van der Waals surface area contributed by atoms with Gasteiger partial charge in [-0.25, -0.2) is 0 Å². The van der Waals surface area contributed by atoms with Gasteiger partial charge < -0.3 is 10.5 Å². The molecule has 2 N–H and O–H groups in total. The van der Waals surface area contributed by atoms with Crippen LogP contribution in [0.15, 0.2) is 12.1 Å². The maximum atomic E-state index is 5.70. The summed E-state index contributed by atoms with van der Waals surface area (Å²) in [6, 6.07) is 4.26. The molecule has 0 aromatic heterocycles. The summed E-state index contributed by atoms with van der Waals surface area (Å²) in [5, 5.41) is 0. The standard InChI is InChI=1S/C16H25NOS/c1-5-6-18-14-9-12(3)15(13(4)10-14)7-11(2)8-16(17)19/h9-11H,5-8H2,1-4H3,(H2,17,19). The third-order valence-corrected chi connectivity index (χ3v) is 3.41. The van der Waals surface area contributed by atoms with Crippen LogP contribution in [0.3, 0.4) is 0 Å². The zero-order valence-electron chi connectivity index (χ0n) is 12.5. The summed E-state index contributed by atoms with van der Waals surface area (Å²) in [7, 11) is 0. The first-order valence-corrected chi connectivity index (χ1v) is 7.36. The van der Waals surface area contributed by atoms with Crippen LogP contribution >= 0.6 is 12.2 Å². The molecule has 2 nitrogen and oxygen atoms in total.